The summed E-state index contributed by atoms with van der Waals surface area (Å²) in [5.74, 6) is -0.494. The van der Waals surface area contributed by atoms with Gasteiger partial charge in [-0.15, -0.1) is 0 Å². The zero-order valence-corrected chi connectivity index (χ0v) is 24.1. The summed E-state index contributed by atoms with van der Waals surface area (Å²) >= 11 is 0. The highest BCUT2D eigenvalue weighted by Gasteiger charge is 2.36. The number of ether oxygens (including phenoxy) is 4. The maximum Gasteiger partial charge on any atom is 0.338 e. The van der Waals surface area contributed by atoms with E-state index in [2.05, 4.69) is 17.4 Å². The smallest absolute Gasteiger partial charge is 0.338 e. The van der Waals surface area contributed by atoms with Crippen molar-refractivity contribution in [1.82, 2.24) is 10.2 Å². The summed E-state index contributed by atoms with van der Waals surface area (Å²) in [7, 11) is 1.47. The van der Waals surface area contributed by atoms with E-state index in [1.807, 2.05) is 19.1 Å². The fraction of sp³-hybridized carbons (Fsp3) is 0.500. The molecule has 2 aromatic rings. The molecule has 2 aliphatic heterocycles. The highest BCUT2D eigenvalue weighted by atomic mass is 16.5. The van der Waals surface area contributed by atoms with Crippen molar-refractivity contribution < 1.29 is 38.1 Å². The van der Waals surface area contributed by atoms with Crippen molar-refractivity contribution in [3.05, 3.63) is 65.2 Å². The van der Waals surface area contributed by atoms with Crippen LogP contribution < -0.4 is 10.1 Å². The number of benzene rings is 2. The molecule has 2 heterocycles. The maximum absolute atomic E-state index is 12.9. The third-order valence-corrected chi connectivity index (χ3v) is 7.96. The number of piperidine rings is 1. The number of cyclic esters (lactones) is 1. The number of hydrogen-bond donors (Lipinski definition) is 1. The number of rotatable bonds is 11. The molecule has 1 N–H and O–H groups in total. The lowest BCUT2D eigenvalue weighted by Crippen LogP contribution is -2.46. The van der Waals surface area contributed by atoms with E-state index >= 15 is 0 Å². The number of esters is 2. The minimum absolute atomic E-state index is 0.0456. The molecule has 4 atom stereocenters. The van der Waals surface area contributed by atoms with Crippen molar-refractivity contribution in [2.75, 3.05) is 33.4 Å². The molecule has 3 aliphatic rings. The average Bonchev–Trinajstić information content (AvgIpc) is 3.75. The largest absolute Gasteiger partial charge is 0.484 e. The number of nitrogens with zero attached hydrogens (tertiary/aromatic N) is 1. The van der Waals surface area contributed by atoms with E-state index < -0.39 is 24.1 Å². The Morgan fingerprint density at radius 2 is 1.79 bits per heavy atom. The summed E-state index contributed by atoms with van der Waals surface area (Å²) in [5.41, 5.74) is 2.61. The normalized spacial score (nSPS) is 21.7. The molecule has 0 aromatic heterocycles. The van der Waals surface area contributed by atoms with Gasteiger partial charge in [0.2, 0.25) is 11.8 Å². The van der Waals surface area contributed by atoms with Crippen molar-refractivity contribution in [2.24, 2.45) is 5.92 Å². The van der Waals surface area contributed by atoms with Crippen LogP contribution in [-0.4, -0.2) is 74.2 Å². The molecule has 5 rings (SSSR count). The summed E-state index contributed by atoms with van der Waals surface area (Å²) < 4.78 is 22.0. The molecule has 10 heteroatoms. The Balaban J connectivity index is 1.20. The fourth-order valence-electron chi connectivity index (χ4n) is 5.54. The number of nitrogens with one attached hydrogen (secondary N) is 1. The van der Waals surface area contributed by atoms with Crippen LogP contribution in [0.25, 0.3) is 0 Å². The molecule has 1 aliphatic carbocycles. The lowest BCUT2D eigenvalue weighted by Gasteiger charge is -2.33. The summed E-state index contributed by atoms with van der Waals surface area (Å²) in [4.78, 5) is 51.0. The second kappa shape index (κ2) is 13.4. The molecular weight excluding hydrogens is 540 g/mol. The highest BCUT2D eigenvalue weighted by molar-refractivity contribution is 5.90. The first kappa shape index (κ1) is 29.6. The molecule has 2 unspecified atom stereocenters. The molecule has 0 bridgehead atoms. The molecule has 42 heavy (non-hydrogen) atoms. The molecule has 224 valence electrons. The number of carbonyl (C=O) groups is 4. The van der Waals surface area contributed by atoms with Crippen molar-refractivity contribution in [3.8, 4) is 5.75 Å². The molecule has 0 radical (unpaired) electrons. The standard InChI is InChI=1S/C32H38N2O8/c1-20(33-28(35)19-39-2)30(23-9-7-22(8-10-23)21-5-6-21)41-26-13-11-24(12-14-26)32(38)42-27-4-3-15-34(17-27)31(37)25-16-29(36)40-18-25/h7-14,20-21,25,27,30H,3-6,15-19H2,1-2H3,(H,33,35)/t20?,25-,27+,30?/m1/s1. The second-order valence-corrected chi connectivity index (χ2v) is 11.3. The molecule has 3 fully saturated rings. The minimum atomic E-state index is -0.479. The molecule has 2 saturated heterocycles. The Labute approximate surface area is 245 Å². The van der Waals surface area contributed by atoms with Gasteiger partial charge in [0.25, 0.3) is 0 Å². The lowest BCUT2D eigenvalue weighted by molar-refractivity contribution is -0.139. The molecule has 2 amide bonds. The predicted octanol–water partition coefficient (Wildman–Crippen LogP) is 3.55. The van der Waals surface area contributed by atoms with Gasteiger partial charge in [-0.2, -0.15) is 0 Å². The quantitative estimate of drug-likeness (QED) is 0.402. The van der Waals surface area contributed by atoms with Gasteiger partial charge in [0.05, 0.1) is 30.5 Å². The van der Waals surface area contributed by atoms with Crippen LogP contribution in [0.1, 0.15) is 72.5 Å². The number of amides is 2. The van der Waals surface area contributed by atoms with Crippen LogP contribution in [0.3, 0.4) is 0 Å². The lowest BCUT2D eigenvalue weighted by atomic mass is 10.00. The first-order valence-corrected chi connectivity index (χ1v) is 14.6. The van der Waals surface area contributed by atoms with Crippen molar-refractivity contribution in [2.45, 2.75) is 63.2 Å². The summed E-state index contributed by atoms with van der Waals surface area (Å²) in [6, 6.07) is 14.7. The van der Waals surface area contributed by atoms with Crippen LogP contribution >= 0.6 is 0 Å². The van der Waals surface area contributed by atoms with E-state index in [-0.39, 0.29) is 43.5 Å². The second-order valence-electron chi connectivity index (χ2n) is 11.3. The van der Waals surface area contributed by atoms with Gasteiger partial charge in [-0.3, -0.25) is 14.4 Å². The average molecular weight is 579 g/mol. The van der Waals surface area contributed by atoms with E-state index in [1.54, 1.807) is 29.2 Å². The first-order valence-electron chi connectivity index (χ1n) is 14.6. The van der Waals surface area contributed by atoms with Gasteiger partial charge in [-0.05, 0) is 73.9 Å². The van der Waals surface area contributed by atoms with Gasteiger partial charge < -0.3 is 29.2 Å². The van der Waals surface area contributed by atoms with E-state index in [0.29, 0.717) is 43.2 Å². The van der Waals surface area contributed by atoms with Crippen molar-refractivity contribution in [3.63, 3.8) is 0 Å². The van der Waals surface area contributed by atoms with E-state index in [4.69, 9.17) is 18.9 Å². The van der Waals surface area contributed by atoms with Gasteiger partial charge in [0.15, 0.2) is 0 Å². The van der Waals surface area contributed by atoms with Gasteiger partial charge in [0.1, 0.15) is 31.2 Å². The monoisotopic (exact) mass is 578 g/mol. The van der Waals surface area contributed by atoms with Gasteiger partial charge >= 0.3 is 11.9 Å². The Morgan fingerprint density at radius 3 is 2.43 bits per heavy atom. The Hall–Kier alpha value is -3.92. The third-order valence-electron chi connectivity index (χ3n) is 7.96. The predicted molar refractivity (Wildman–Crippen MR) is 152 cm³/mol. The number of methoxy groups -OCH3 is 1. The minimum Gasteiger partial charge on any atom is -0.484 e. The fourth-order valence-corrected chi connectivity index (χ4v) is 5.54. The SMILES string of the molecule is COCC(=O)NC(C)C(Oc1ccc(C(=O)O[C@H]2CCCN(C(=O)[C@H]3COC(=O)C3)C2)cc1)c1ccc(C2CC2)cc1. The van der Waals surface area contributed by atoms with Crippen LogP contribution in [-0.2, 0) is 28.6 Å². The Bertz CT molecular complexity index is 1270. The Morgan fingerprint density at radius 1 is 1.05 bits per heavy atom. The summed E-state index contributed by atoms with van der Waals surface area (Å²) in [6.07, 6.45) is 3.00. The van der Waals surface area contributed by atoms with Crippen LogP contribution in [0.2, 0.25) is 0 Å². The first-order chi connectivity index (χ1) is 20.3. The molecule has 2 aromatic carbocycles. The van der Waals surface area contributed by atoms with Gasteiger partial charge in [-0.1, -0.05) is 24.3 Å². The zero-order valence-electron chi connectivity index (χ0n) is 24.1. The molecule has 10 nitrogen and oxygen atoms in total. The number of likely N-dealkylation sites (tertiary alicyclic amines) is 1. The zero-order chi connectivity index (χ0) is 29.6. The Kier molecular flexibility index (Phi) is 9.41. The van der Waals surface area contributed by atoms with Crippen molar-refractivity contribution in [1.29, 1.82) is 0 Å². The topological polar surface area (TPSA) is 120 Å². The van der Waals surface area contributed by atoms with Crippen LogP contribution in [0.4, 0.5) is 0 Å². The van der Waals surface area contributed by atoms with E-state index in [0.717, 1.165) is 5.56 Å². The van der Waals surface area contributed by atoms with Crippen LogP contribution in [0, 0.1) is 5.92 Å². The summed E-state index contributed by atoms with van der Waals surface area (Å²) in [6.45, 7) is 2.81. The third kappa shape index (κ3) is 7.47. The number of carbonyl (C=O) groups excluding carboxylic acids is 4. The van der Waals surface area contributed by atoms with Crippen LogP contribution in [0.15, 0.2) is 48.5 Å². The van der Waals surface area contributed by atoms with E-state index in [9.17, 15) is 19.2 Å². The molecule has 1 saturated carbocycles. The maximum atomic E-state index is 12.9. The highest BCUT2D eigenvalue weighted by Crippen LogP contribution is 2.40. The van der Waals surface area contributed by atoms with Gasteiger partial charge in [0, 0.05) is 13.7 Å². The molecule has 0 spiro atoms. The van der Waals surface area contributed by atoms with Gasteiger partial charge in [-0.25, -0.2) is 4.79 Å². The summed E-state index contributed by atoms with van der Waals surface area (Å²) in [5, 5.41) is 2.94. The van der Waals surface area contributed by atoms with Crippen molar-refractivity contribution >= 4 is 23.8 Å². The molecular formula is C32H38N2O8. The van der Waals surface area contributed by atoms with Crippen LogP contribution in [0.5, 0.6) is 5.75 Å². The van der Waals surface area contributed by atoms with E-state index in [1.165, 1.54) is 25.5 Å². The number of hydrogen-bond acceptors (Lipinski definition) is 8.